The summed E-state index contributed by atoms with van der Waals surface area (Å²) >= 11 is 0. The smallest absolute Gasteiger partial charge is 0.119 e. The van der Waals surface area contributed by atoms with Gasteiger partial charge < -0.3 is 15.5 Å². The lowest BCUT2D eigenvalue weighted by Gasteiger charge is -2.18. The minimum absolute atomic E-state index is 0. The molecule has 3 nitrogen and oxygen atoms in total. The highest BCUT2D eigenvalue weighted by Gasteiger charge is 2.25. The van der Waals surface area contributed by atoms with Crippen molar-refractivity contribution in [3.05, 3.63) is 30.0 Å². The van der Waals surface area contributed by atoms with Crippen molar-refractivity contribution in [1.29, 1.82) is 0 Å². The van der Waals surface area contributed by atoms with E-state index in [9.17, 15) is 0 Å². The van der Waals surface area contributed by atoms with Crippen LogP contribution in [0.3, 0.4) is 0 Å². The largest absolute Gasteiger partial charge is 0.497 e. The van der Waals surface area contributed by atoms with E-state index in [1.807, 2.05) is 6.07 Å². The summed E-state index contributed by atoms with van der Waals surface area (Å²) in [5.74, 6) is 1.53. The number of ether oxygens (including phenoxy) is 1. The standard InChI is InChI=1S/C15H20N2O.ClH/c1-18-11-6-7-14-12(8-11)13(9-17-14)15(16)10-4-2-3-5-10;/h6-10,15,17H,2-5,16H2,1H3;1H/t15-;/m1./s1. The number of aromatic nitrogens is 1. The van der Waals surface area contributed by atoms with Gasteiger partial charge in [-0.2, -0.15) is 0 Å². The van der Waals surface area contributed by atoms with Crippen LogP contribution in [0.1, 0.15) is 37.3 Å². The summed E-state index contributed by atoms with van der Waals surface area (Å²) in [6, 6.07) is 6.26. The van der Waals surface area contributed by atoms with Gasteiger partial charge in [0.05, 0.1) is 7.11 Å². The first-order valence-corrected chi connectivity index (χ1v) is 6.70. The number of benzene rings is 1. The van der Waals surface area contributed by atoms with E-state index >= 15 is 0 Å². The van der Waals surface area contributed by atoms with Crippen molar-refractivity contribution in [2.45, 2.75) is 31.7 Å². The lowest BCUT2D eigenvalue weighted by atomic mass is 9.92. The third-order valence-corrected chi connectivity index (χ3v) is 4.19. The Morgan fingerprint density at radius 3 is 2.74 bits per heavy atom. The molecule has 1 heterocycles. The normalized spacial score (nSPS) is 17.4. The van der Waals surface area contributed by atoms with Crippen LogP contribution in [0.15, 0.2) is 24.4 Å². The van der Waals surface area contributed by atoms with Crippen LogP contribution in [0.5, 0.6) is 5.75 Å². The van der Waals surface area contributed by atoms with Crippen LogP contribution < -0.4 is 10.5 Å². The Labute approximate surface area is 119 Å². The molecule has 2 aromatic rings. The molecular formula is C15H21ClN2O. The summed E-state index contributed by atoms with van der Waals surface area (Å²) in [6.45, 7) is 0. The molecule has 0 amide bonds. The van der Waals surface area contributed by atoms with Gasteiger partial charge in [0.25, 0.3) is 0 Å². The molecule has 1 aromatic carbocycles. The highest BCUT2D eigenvalue weighted by atomic mass is 35.5. The minimum atomic E-state index is 0. The van der Waals surface area contributed by atoms with Gasteiger partial charge in [-0.25, -0.2) is 0 Å². The van der Waals surface area contributed by atoms with Crippen LogP contribution in [0.4, 0.5) is 0 Å². The summed E-state index contributed by atoms with van der Waals surface area (Å²) in [5, 5.41) is 1.20. The average Bonchev–Trinajstić information content (AvgIpc) is 3.06. The summed E-state index contributed by atoms with van der Waals surface area (Å²) < 4.78 is 5.30. The maximum atomic E-state index is 6.44. The quantitative estimate of drug-likeness (QED) is 0.899. The number of aromatic amines is 1. The highest BCUT2D eigenvalue weighted by Crippen LogP contribution is 2.37. The second-order valence-electron chi connectivity index (χ2n) is 5.23. The van der Waals surface area contributed by atoms with Crippen molar-refractivity contribution in [3.8, 4) is 5.75 Å². The Morgan fingerprint density at radius 2 is 2.05 bits per heavy atom. The first kappa shape index (κ1) is 14.2. The number of fused-ring (bicyclic) bond motifs is 1. The van der Waals surface area contributed by atoms with Crippen LogP contribution in [-0.4, -0.2) is 12.1 Å². The molecule has 104 valence electrons. The van der Waals surface area contributed by atoms with Gasteiger partial charge in [0, 0.05) is 23.1 Å². The van der Waals surface area contributed by atoms with E-state index in [0.29, 0.717) is 5.92 Å². The maximum absolute atomic E-state index is 6.44. The van der Waals surface area contributed by atoms with Gasteiger partial charge in [-0.15, -0.1) is 12.4 Å². The van der Waals surface area contributed by atoms with Gasteiger partial charge in [0.1, 0.15) is 5.75 Å². The van der Waals surface area contributed by atoms with E-state index in [1.165, 1.54) is 36.6 Å². The van der Waals surface area contributed by atoms with E-state index < -0.39 is 0 Å². The minimum Gasteiger partial charge on any atom is -0.497 e. The van der Waals surface area contributed by atoms with Crippen molar-refractivity contribution < 1.29 is 4.74 Å². The van der Waals surface area contributed by atoms with Crippen LogP contribution in [0, 0.1) is 5.92 Å². The van der Waals surface area contributed by atoms with Gasteiger partial charge in [-0.05, 0) is 42.5 Å². The molecule has 0 spiro atoms. The van der Waals surface area contributed by atoms with Crippen LogP contribution in [0.2, 0.25) is 0 Å². The maximum Gasteiger partial charge on any atom is 0.119 e. The average molecular weight is 281 g/mol. The molecule has 0 radical (unpaired) electrons. The molecule has 3 N–H and O–H groups in total. The van der Waals surface area contributed by atoms with Crippen LogP contribution in [0.25, 0.3) is 10.9 Å². The zero-order chi connectivity index (χ0) is 12.5. The number of hydrogen-bond donors (Lipinski definition) is 2. The first-order chi connectivity index (χ1) is 8.79. The van der Waals surface area contributed by atoms with E-state index in [-0.39, 0.29) is 18.4 Å². The van der Waals surface area contributed by atoms with Crippen molar-refractivity contribution in [2.75, 3.05) is 7.11 Å². The predicted molar refractivity (Wildman–Crippen MR) is 81.0 cm³/mol. The Hall–Kier alpha value is -1.19. The number of nitrogens with one attached hydrogen (secondary N) is 1. The molecule has 0 aliphatic heterocycles. The Bertz CT molecular complexity index is 546. The lowest BCUT2D eigenvalue weighted by molar-refractivity contribution is 0.415. The van der Waals surface area contributed by atoms with E-state index in [4.69, 9.17) is 10.5 Å². The number of methoxy groups -OCH3 is 1. The molecule has 0 bridgehead atoms. The van der Waals surface area contributed by atoms with E-state index in [0.717, 1.165) is 11.3 Å². The number of nitrogens with two attached hydrogens (primary N) is 1. The molecular weight excluding hydrogens is 260 g/mol. The lowest BCUT2D eigenvalue weighted by Crippen LogP contribution is -2.18. The summed E-state index contributed by atoms with van der Waals surface area (Å²) in [6.07, 6.45) is 7.23. The summed E-state index contributed by atoms with van der Waals surface area (Å²) in [7, 11) is 1.70. The van der Waals surface area contributed by atoms with Gasteiger partial charge in [-0.1, -0.05) is 12.8 Å². The third-order valence-electron chi connectivity index (χ3n) is 4.19. The fourth-order valence-electron chi connectivity index (χ4n) is 3.09. The fourth-order valence-corrected chi connectivity index (χ4v) is 3.09. The summed E-state index contributed by atoms with van der Waals surface area (Å²) in [4.78, 5) is 3.31. The molecule has 1 fully saturated rings. The van der Waals surface area contributed by atoms with Crippen molar-refractivity contribution in [3.63, 3.8) is 0 Å². The SMILES string of the molecule is COc1ccc2[nH]cc([C@H](N)C3CCCC3)c2c1.Cl. The molecule has 1 atom stereocenters. The second kappa shape index (κ2) is 5.85. The van der Waals surface area contributed by atoms with Gasteiger partial charge in [0.15, 0.2) is 0 Å². The second-order valence-corrected chi connectivity index (χ2v) is 5.23. The monoisotopic (exact) mass is 280 g/mol. The third kappa shape index (κ3) is 2.58. The molecule has 1 aliphatic carbocycles. The molecule has 1 aliphatic rings. The Morgan fingerprint density at radius 1 is 1.32 bits per heavy atom. The highest BCUT2D eigenvalue weighted by molar-refractivity contribution is 5.85. The fraction of sp³-hybridized carbons (Fsp3) is 0.467. The van der Waals surface area contributed by atoms with Crippen molar-refractivity contribution >= 4 is 23.3 Å². The molecule has 1 aromatic heterocycles. The predicted octanol–water partition coefficient (Wildman–Crippen LogP) is 3.79. The number of hydrogen-bond acceptors (Lipinski definition) is 2. The van der Waals surface area contributed by atoms with Crippen molar-refractivity contribution in [1.82, 2.24) is 4.98 Å². The zero-order valence-corrected chi connectivity index (χ0v) is 12.0. The Kier molecular flexibility index (Phi) is 4.38. The molecule has 4 heteroatoms. The topological polar surface area (TPSA) is 51.0 Å². The number of rotatable bonds is 3. The first-order valence-electron chi connectivity index (χ1n) is 6.70. The van der Waals surface area contributed by atoms with Gasteiger partial charge >= 0.3 is 0 Å². The molecule has 0 saturated heterocycles. The van der Waals surface area contributed by atoms with Gasteiger partial charge in [0.2, 0.25) is 0 Å². The van der Waals surface area contributed by atoms with E-state index in [1.54, 1.807) is 7.11 Å². The number of H-pyrrole nitrogens is 1. The Balaban J connectivity index is 0.00000133. The molecule has 0 unspecified atom stereocenters. The zero-order valence-electron chi connectivity index (χ0n) is 11.2. The van der Waals surface area contributed by atoms with E-state index in [2.05, 4.69) is 23.3 Å². The molecule has 19 heavy (non-hydrogen) atoms. The van der Waals surface area contributed by atoms with Crippen LogP contribution >= 0.6 is 12.4 Å². The summed E-state index contributed by atoms with van der Waals surface area (Å²) in [5.41, 5.74) is 8.81. The number of halogens is 1. The van der Waals surface area contributed by atoms with Crippen molar-refractivity contribution in [2.24, 2.45) is 11.7 Å². The molecule has 1 saturated carbocycles. The van der Waals surface area contributed by atoms with Gasteiger partial charge in [-0.3, -0.25) is 0 Å². The molecule has 3 rings (SSSR count). The van der Waals surface area contributed by atoms with Crippen LogP contribution in [-0.2, 0) is 0 Å².